The van der Waals surface area contributed by atoms with Gasteiger partial charge in [0, 0.05) is 4.47 Å². The van der Waals surface area contributed by atoms with Gasteiger partial charge in [-0.15, -0.1) is 0 Å². The lowest BCUT2D eigenvalue weighted by Gasteiger charge is -2.21. The number of hydrogen-bond acceptors (Lipinski definition) is 5. The number of benzene rings is 1. The number of hydrogen-bond donors (Lipinski definition) is 0. The van der Waals surface area contributed by atoms with E-state index in [1.807, 2.05) is 25.1 Å². The minimum absolute atomic E-state index is 0.162. The number of carbonyl (C=O) groups excluding carboxylic acids is 2. The number of rotatable bonds is 2. The molecular formula is C16H14BrNO3S2. The molecule has 0 saturated carbocycles. The second kappa shape index (κ2) is 6.03. The molecular weight excluding hydrogens is 398 g/mol. The van der Waals surface area contributed by atoms with Gasteiger partial charge in [-0.25, -0.2) is 4.90 Å². The zero-order chi connectivity index (χ0) is 16.8. The summed E-state index contributed by atoms with van der Waals surface area (Å²) >= 11 is 9.71. The van der Waals surface area contributed by atoms with Gasteiger partial charge < -0.3 is 4.74 Å². The highest BCUT2D eigenvalue weighted by Crippen LogP contribution is 2.52. The first-order valence-electron chi connectivity index (χ1n) is 6.97. The number of thiocarbonyl (C=S) groups is 1. The Kier molecular flexibility index (Phi) is 4.37. The monoisotopic (exact) mass is 411 g/mol. The molecule has 7 heteroatoms. The van der Waals surface area contributed by atoms with Crippen LogP contribution in [-0.2, 0) is 14.3 Å². The summed E-state index contributed by atoms with van der Waals surface area (Å²) in [6.07, 6.45) is 2.36. The van der Waals surface area contributed by atoms with E-state index in [-0.39, 0.29) is 11.8 Å². The van der Waals surface area contributed by atoms with Crippen LogP contribution in [0.25, 0.3) is 0 Å². The topological polar surface area (TPSA) is 46.6 Å². The highest BCUT2D eigenvalue weighted by Gasteiger charge is 2.58. The van der Waals surface area contributed by atoms with E-state index >= 15 is 0 Å². The number of anilines is 1. The van der Waals surface area contributed by atoms with Crippen molar-refractivity contribution in [3.05, 3.63) is 39.7 Å². The van der Waals surface area contributed by atoms with Crippen molar-refractivity contribution in [3.63, 3.8) is 0 Å². The summed E-state index contributed by atoms with van der Waals surface area (Å²) in [5, 5.41) is 0. The van der Waals surface area contributed by atoms with Crippen LogP contribution < -0.4 is 4.90 Å². The van der Waals surface area contributed by atoms with Crippen LogP contribution in [-0.4, -0.2) is 23.3 Å². The fourth-order valence-electron chi connectivity index (χ4n) is 3.00. The molecule has 1 aromatic carbocycles. The van der Waals surface area contributed by atoms with Crippen LogP contribution in [0.15, 0.2) is 39.7 Å². The molecule has 1 saturated heterocycles. The van der Waals surface area contributed by atoms with Gasteiger partial charge in [0.05, 0.1) is 24.1 Å². The summed E-state index contributed by atoms with van der Waals surface area (Å²) in [7, 11) is 1.51. The van der Waals surface area contributed by atoms with Gasteiger partial charge in [0.25, 0.3) is 0 Å². The summed E-state index contributed by atoms with van der Waals surface area (Å²) in [5.41, 5.74) is -0.135. The smallest absolute Gasteiger partial charge is 0.241 e. The van der Waals surface area contributed by atoms with Crippen molar-refractivity contribution in [1.82, 2.24) is 0 Å². The molecule has 120 valence electrons. The second-order valence-electron chi connectivity index (χ2n) is 5.72. The largest absolute Gasteiger partial charge is 0.482 e. The Morgan fingerprint density at radius 3 is 2.61 bits per heavy atom. The molecule has 1 aliphatic heterocycles. The number of halogens is 1. The Hall–Kier alpha value is -1.18. The van der Waals surface area contributed by atoms with Crippen LogP contribution in [0.4, 0.5) is 5.69 Å². The van der Waals surface area contributed by atoms with Gasteiger partial charge in [0.1, 0.15) is 0 Å². The van der Waals surface area contributed by atoms with Crippen LogP contribution in [0, 0.1) is 11.3 Å². The van der Waals surface area contributed by atoms with Crippen LogP contribution in [0.2, 0.25) is 0 Å². The number of thioether (sulfide) groups is 1. The molecule has 0 radical (unpaired) electrons. The van der Waals surface area contributed by atoms with Crippen molar-refractivity contribution in [3.8, 4) is 0 Å². The zero-order valence-electron chi connectivity index (χ0n) is 12.5. The summed E-state index contributed by atoms with van der Waals surface area (Å²) < 4.78 is 6.29. The lowest BCUT2D eigenvalue weighted by Crippen LogP contribution is -2.34. The number of fused-ring (bicyclic) bond motifs is 1. The van der Waals surface area contributed by atoms with E-state index in [2.05, 4.69) is 15.9 Å². The third-order valence-electron chi connectivity index (χ3n) is 4.22. The molecule has 1 aromatic rings. The van der Waals surface area contributed by atoms with E-state index in [9.17, 15) is 9.59 Å². The van der Waals surface area contributed by atoms with Crippen molar-refractivity contribution >= 4 is 61.8 Å². The average Bonchev–Trinajstić information content (AvgIpc) is 2.94. The number of methoxy groups -OCH3 is 1. The summed E-state index contributed by atoms with van der Waals surface area (Å²) in [4.78, 5) is 27.9. The summed E-state index contributed by atoms with van der Waals surface area (Å²) in [6, 6.07) is 7.17. The fraction of sp³-hybridized carbons (Fsp3) is 0.312. The summed E-state index contributed by atoms with van der Waals surface area (Å²) in [5.74, 6) is -0.787. The molecule has 3 rings (SSSR count). The molecule has 1 aliphatic carbocycles. The van der Waals surface area contributed by atoms with Crippen LogP contribution >= 0.6 is 39.9 Å². The van der Waals surface area contributed by atoms with Crippen LogP contribution in [0.5, 0.6) is 0 Å². The zero-order valence-corrected chi connectivity index (χ0v) is 15.8. The molecule has 1 heterocycles. The molecule has 0 N–H and O–H groups in total. The number of ether oxygens (including phenoxy) is 1. The third-order valence-corrected chi connectivity index (χ3v) is 6.05. The Labute approximate surface area is 152 Å². The Morgan fingerprint density at radius 2 is 2.04 bits per heavy atom. The molecule has 2 atom stereocenters. The predicted molar refractivity (Wildman–Crippen MR) is 98.1 cm³/mol. The van der Waals surface area contributed by atoms with Gasteiger partial charge >= 0.3 is 0 Å². The standard InChI is InChI=1S/C16H14BrNO3S2/c1-16-8-11(23-15(22)21-2)7-12(16)13(19)18(14(16)20)10-5-3-9(17)4-6-10/h3-7,12H,8H2,1-2H3/t12-,16-/m1/s1. The first-order chi connectivity index (χ1) is 10.9. The van der Waals surface area contributed by atoms with Crippen molar-refractivity contribution in [2.24, 2.45) is 11.3 Å². The number of amides is 2. The number of imide groups is 1. The maximum Gasteiger partial charge on any atom is 0.241 e. The number of nitrogens with zero attached hydrogens (tertiary/aromatic N) is 1. The van der Waals surface area contributed by atoms with Crippen molar-refractivity contribution in [2.75, 3.05) is 12.0 Å². The average molecular weight is 412 g/mol. The predicted octanol–water partition coefficient (Wildman–Crippen LogP) is 3.90. The molecule has 0 spiro atoms. The molecule has 2 aliphatic rings. The minimum Gasteiger partial charge on any atom is -0.482 e. The van der Waals surface area contributed by atoms with E-state index in [1.54, 1.807) is 12.1 Å². The van der Waals surface area contributed by atoms with E-state index in [1.165, 1.54) is 23.8 Å². The Morgan fingerprint density at radius 1 is 1.39 bits per heavy atom. The normalized spacial score (nSPS) is 26.3. The highest BCUT2D eigenvalue weighted by molar-refractivity contribution is 9.10. The van der Waals surface area contributed by atoms with Gasteiger partial charge in [-0.3, -0.25) is 9.59 Å². The second-order valence-corrected chi connectivity index (χ2v) is 8.36. The van der Waals surface area contributed by atoms with Crippen molar-refractivity contribution < 1.29 is 14.3 Å². The lowest BCUT2D eigenvalue weighted by atomic mass is 9.81. The van der Waals surface area contributed by atoms with Gasteiger partial charge in [-0.1, -0.05) is 22.0 Å². The molecule has 23 heavy (non-hydrogen) atoms. The molecule has 0 unspecified atom stereocenters. The van der Waals surface area contributed by atoms with Crippen LogP contribution in [0.3, 0.4) is 0 Å². The first-order valence-corrected chi connectivity index (χ1v) is 8.99. The van der Waals surface area contributed by atoms with E-state index in [0.717, 1.165) is 9.38 Å². The summed E-state index contributed by atoms with van der Waals surface area (Å²) in [6.45, 7) is 1.84. The number of allylic oxidation sites excluding steroid dienone is 1. The molecule has 0 bridgehead atoms. The van der Waals surface area contributed by atoms with E-state index in [4.69, 9.17) is 17.0 Å². The minimum atomic E-state index is -0.740. The van der Waals surface area contributed by atoms with Gasteiger partial charge in [-0.2, -0.15) is 0 Å². The Balaban J connectivity index is 1.90. The highest BCUT2D eigenvalue weighted by atomic mass is 79.9. The van der Waals surface area contributed by atoms with E-state index < -0.39 is 11.3 Å². The van der Waals surface area contributed by atoms with Gasteiger partial charge in [-0.05, 0) is 66.5 Å². The third kappa shape index (κ3) is 2.75. The molecule has 2 amide bonds. The molecule has 0 aromatic heterocycles. The number of carbonyl (C=O) groups is 2. The molecule has 4 nitrogen and oxygen atoms in total. The SMILES string of the molecule is COC(=S)SC1=C[C@@H]2C(=O)N(c3ccc(Br)cc3)C(=O)[C@]2(C)C1. The Bertz CT molecular complexity index is 731. The maximum atomic E-state index is 12.9. The lowest BCUT2D eigenvalue weighted by molar-refractivity contribution is -0.125. The first kappa shape index (κ1) is 16.7. The fourth-order valence-corrected chi connectivity index (χ4v) is 4.46. The van der Waals surface area contributed by atoms with E-state index in [0.29, 0.717) is 16.5 Å². The van der Waals surface area contributed by atoms with Gasteiger partial charge in [0.2, 0.25) is 16.2 Å². The quantitative estimate of drug-likeness (QED) is 0.545. The van der Waals surface area contributed by atoms with Crippen molar-refractivity contribution in [1.29, 1.82) is 0 Å². The molecule has 1 fully saturated rings. The van der Waals surface area contributed by atoms with Gasteiger partial charge in [0.15, 0.2) is 0 Å². The van der Waals surface area contributed by atoms with Crippen molar-refractivity contribution in [2.45, 2.75) is 13.3 Å². The van der Waals surface area contributed by atoms with Crippen LogP contribution in [0.1, 0.15) is 13.3 Å². The maximum absolute atomic E-state index is 12.9.